The summed E-state index contributed by atoms with van der Waals surface area (Å²) >= 11 is 7.27. The molecule has 3 aromatic rings. The zero-order valence-corrected chi connectivity index (χ0v) is 23.6. The Morgan fingerprint density at radius 3 is 2.61 bits per heavy atom. The van der Waals surface area contributed by atoms with E-state index in [2.05, 4.69) is 4.98 Å². The van der Waals surface area contributed by atoms with Gasteiger partial charge in [0.25, 0.3) is 5.91 Å². The minimum Gasteiger partial charge on any atom is -0.345 e. The number of hydrogen-bond donors (Lipinski definition) is 0. The number of benzene rings is 1. The number of thiophene rings is 1. The minimum atomic E-state index is -4.12. The number of carbonyl (C=O) groups is 2. The first-order valence-corrected chi connectivity index (χ1v) is 14.3. The lowest BCUT2D eigenvalue weighted by Crippen LogP contribution is -2.44. The molecule has 0 radical (unpaired) electrons. The van der Waals surface area contributed by atoms with Gasteiger partial charge in [0.05, 0.1) is 22.0 Å². The van der Waals surface area contributed by atoms with E-state index in [9.17, 15) is 18.0 Å². The van der Waals surface area contributed by atoms with Gasteiger partial charge in [0, 0.05) is 50.5 Å². The Morgan fingerprint density at radius 2 is 2.03 bits per heavy atom. The van der Waals surface area contributed by atoms with Crippen molar-refractivity contribution in [2.24, 2.45) is 7.05 Å². The monoisotopic (exact) mass is 579 g/mol. The van der Waals surface area contributed by atoms with Crippen molar-refractivity contribution in [2.75, 3.05) is 25.5 Å². The molecule has 0 aliphatic carbocycles. The molecule has 202 valence electrons. The highest BCUT2D eigenvalue weighted by molar-refractivity contribution is 7.92. The van der Waals surface area contributed by atoms with E-state index in [1.807, 2.05) is 0 Å². The highest BCUT2D eigenvalue weighted by Gasteiger charge is 2.42. The molecule has 0 unspecified atom stereocenters. The van der Waals surface area contributed by atoms with Crippen LogP contribution in [0.2, 0.25) is 4.34 Å². The van der Waals surface area contributed by atoms with Gasteiger partial charge >= 0.3 is 0 Å². The Balaban J connectivity index is 1.67. The highest BCUT2D eigenvalue weighted by atomic mass is 35.5. The first-order chi connectivity index (χ1) is 17.9. The number of allylic oxidation sites excluding steroid dienone is 1. The molecular weight excluding hydrogens is 553 g/mol. The summed E-state index contributed by atoms with van der Waals surface area (Å²) in [6, 6.07) is 6.24. The molecule has 4 rings (SSSR count). The van der Waals surface area contributed by atoms with Gasteiger partial charge in [-0.1, -0.05) is 11.6 Å². The molecule has 1 fully saturated rings. The molecule has 38 heavy (non-hydrogen) atoms. The summed E-state index contributed by atoms with van der Waals surface area (Å²) in [5, 5.41) is 1.12. The predicted molar refractivity (Wildman–Crippen MR) is 146 cm³/mol. The molecule has 0 saturated carbocycles. The Bertz CT molecular complexity index is 1520. The summed E-state index contributed by atoms with van der Waals surface area (Å²) in [4.78, 5) is 33.2. The molecular formula is C25H27ClFN5O4S2. The van der Waals surface area contributed by atoms with E-state index in [0.717, 1.165) is 15.8 Å². The average Bonchev–Trinajstić information content (AvgIpc) is 3.57. The van der Waals surface area contributed by atoms with Crippen LogP contribution >= 0.6 is 22.9 Å². The average molecular weight is 580 g/mol. The number of aryl methyl sites for hydroxylation is 1. The van der Waals surface area contributed by atoms with Crippen molar-refractivity contribution in [3.05, 3.63) is 74.6 Å². The molecule has 3 heterocycles. The Hall–Kier alpha value is -3.06. The number of halogens is 2. The fraction of sp³-hybridized carbons (Fsp3) is 0.320. The van der Waals surface area contributed by atoms with Crippen LogP contribution < -0.4 is 4.90 Å². The number of amides is 2. The lowest BCUT2D eigenvalue weighted by Gasteiger charge is -2.26. The Kier molecular flexibility index (Phi) is 8.07. The fourth-order valence-electron chi connectivity index (χ4n) is 4.23. The smallest absolute Gasteiger partial charge is 0.253 e. The van der Waals surface area contributed by atoms with Crippen molar-refractivity contribution in [3.8, 4) is 0 Å². The van der Waals surface area contributed by atoms with Crippen LogP contribution in [0.25, 0.3) is 5.57 Å². The summed E-state index contributed by atoms with van der Waals surface area (Å²) in [6.45, 7) is 1.62. The molecule has 0 N–H and O–H groups in total. The summed E-state index contributed by atoms with van der Waals surface area (Å²) in [5.74, 6) is -1.22. The maximum absolute atomic E-state index is 15.1. The van der Waals surface area contributed by atoms with Crippen LogP contribution in [0.3, 0.4) is 0 Å². The third-order valence-electron chi connectivity index (χ3n) is 6.25. The molecule has 1 aliphatic heterocycles. The van der Waals surface area contributed by atoms with E-state index in [1.165, 1.54) is 33.3 Å². The zero-order valence-electron chi connectivity index (χ0n) is 21.3. The standard InChI is InChI=1S/C25H27ClFN5O4S2/c1-16(21-7-8-22(26)37-21)15-38(35,36)32(14-23-28-10-12-30(23)4)20-9-11-31(25(20)34)19-6-5-17(13-18(19)27)24(33)29(2)3/h5-8,10,12-13,15,20H,9,11,14H2,1-4H3/t20-/m0/s1. The number of sulfonamides is 1. The topological polar surface area (TPSA) is 95.8 Å². The number of imidazole rings is 1. The fourth-order valence-corrected chi connectivity index (χ4v) is 6.87. The van der Waals surface area contributed by atoms with Crippen molar-refractivity contribution >= 4 is 56.0 Å². The van der Waals surface area contributed by atoms with Gasteiger partial charge in [-0.25, -0.2) is 17.8 Å². The first-order valence-electron chi connectivity index (χ1n) is 11.6. The number of anilines is 1. The molecule has 1 atom stereocenters. The van der Waals surface area contributed by atoms with Crippen LogP contribution in [0, 0.1) is 5.82 Å². The van der Waals surface area contributed by atoms with Crippen LogP contribution in [-0.4, -0.2) is 65.7 Å². The molecule has 9 nitrogen and oxygen atoms in total. The van der Waals surface area contributed by atoms with Gasteiger partial charge in [-0.05, 0) is 49.2 Å². The number of aromatic nitrogens is 2. The lowest BCUT2D eigenvalue weighted by molar-refractivity contribution is -0.120. The van der Waals surface area contributed by atoms with Gasteiger partial charge in [-0.15, -0.1) is 11.3 Å². The van der Waals surface area contributed by atoms with Crippen molar-refractivity contribution < 1.29 is 22.4 Å². The molecule has 0 bridgehead atoms. The van der Waals surface area contributed by atoms with Crippen LogP contribution in [-0.2, 0) is 28.4 Å². The molecule has 1 saturated heterocycles. The molecule has 2 amide bonds. The SMILES string of the molecule is CC(=CS(=O)(=O)N(Cc1nccn1C)[C@H]1CCN(c2ccc(C(=O)N(C)C)cc2F)C1=O)c1ccc(Cl)s1. The second-order valence-corrected chi connectivity index (χ2v) is 12.6. The quantitative estimate of drug-likeness (QED) is 0.402. The van der Waals surface area contributed by atoms with Gasteiger partial charge in [-0.2, -0.15) is 4.31 Å². The van der Waals surface area contributed by atoms with E-state index in [-0.39, 0.29) is 36.7 Å². The number of rotatable bonds is 8. The second kappa shape index (κ2) is 11.0. The van der Waals surface area contributed by atoms with Gasteiger partial charge in [0.1, 0.15) is 17.7 Å². The maximum Gasteiger partial charge on any atom is 0.253 e. The van der Waals surface area contributed by atoms with Crippen LogP contribution in [0.1, 0.15) is 34.4 Å². The summed E-state index contributed by atoms with van der Waals surface area (Å²) in [7, 11) is 0.726. The molecule has 1 aromatic carbocycles. The number of hydrogen-bond acceptors (Lipinski definition) is 6. The molecule has 1 aliphatic rings. The third kappa shape index (κ3) is 5.68. The minimum absolute atomic E-state index is 0.0119. The van der Waals surface area contributed by atoms with Gasteiger partial charge in [-0.3, -0.25) is 9.59 Å². The van der Waals surface area contributed by atoms with E-state index < -0.39 is 27.8 Å². The van der Waals surface area contributed by atoms with E-state index >= 15 is 4.39 Å². The van der Waals surface area contributed by atoms with Crippen molar-refractivity contribution in [3.63, 3.8) is 0 Å². The van der Waals surface area contributed by atoms with E-state index in [0.29, 0.717) is 20.6 Å². The largest absolute Gasteiger partial charge is 0.345 e. The van der Waals surface area contributed by atoms with Gasteiger partial charge in [0.2, 0.25) is 15.9 Å². The summed E-state index contributed by atoms with van der Waals surface area (Å²) in [5.41, 5.74) is 0.607. The highest BCUT2D eigenvalue weighted by Crippen LogP contribution is 2.32. The molecule has 13 heteroatoms. The maximum atomic E-state index is 15.1. The molecule has 2 aromatic heterocycles. The van der Waals surface area contributed by atoms with Crippen molar-refractivity contribution in [2.45, 2.75) is 25.9 Å². The second-order valence-electron chi connectivity index (χ2n) is 9.11. The number of nitrogens with zero attached hydrogens (tertiary/aromatic N) is 5. The van der Waals surface area contributed by atoms with E-state index in [1.54, 1.807) is 57.2 Å². The van der Waals surface area contributed by atoms with E-state index in [4.69, 9.17) is 11.6 Å². The number of carbonyl (C=O) groups excluding carboxylic acids is 2. The molecule has 0 spiro atoms. The summed E-state index contributed by atoms with van der Waals surface area (Å²) in [6.07, 6.45) is 3.38. The normalized spacial score (nSPS) is 16.5. The first kappa shape index (κ1) is 28.0. The predicted octanol–water partition coefficient (Wildman–Crippen LogP) is 3.97. The third-order valence-corrected chi connectivity index (χ3v) is 9.30. The van der Waals surface area contributed by atoms with Crippen molar-refractivity contribution in [1.29, 1.82) is 0 Å². The zero-order chi connectivity index (χ0) is 27.8. The Labute approximate surface area is 229 Å². The van der Waals surface area contributed by atoms with Crippen molar-refractivity contribution in [1.82, 2.24) is 18.8 Å². The van der Waals surface area contributed by atoms with Crippen LogP contribution in [0.4, 0.5) is 10.1 Å². The summed E-state index contributed by atoms with van der Waals surface area (Å²) < 4.78 is 45.7. The lowest BCUT2D eigenvalue weighted by atomic mass is 10.1. The van der Waals surface area contributed by atoms with Crippen LogP contribution in [0.5, 0.6) is 0 Å². The van der Waals surface area contributed by atoms with Gasteiger partial charge in [0.15, 0.2) is 0 Å². The van der Waals surface area contributed by atoms with Gasteiger partial charge < -0.3 is 14.4 Å². The van der Waals surface area contributed by atoms with Crippen LogP contribution in [0.15, 0.2) is 48.1 Å². The Morgan fingerprint density at radius 1 is 1.29 bits per heavy atom.